The number of halogens is 1. The predicted molar refractivity (Wildman–Crippen MR) is 66.3 cm³/mol. The summed E-state index contributed by atoms with van der Waals surface area (Å²) in [6.45, 7) is 3.56. The van der Waals surface area contributed by atoms with Crippen LogP contribution in [0.3, 0.4) is 0 Å². The van der Waals surface area contributed by atoms with E-state index in [1.165, 1.54) is 7.11 Å². The Kier molecular flexibility index (Phi) is 5.80. The molecule has 1 aromatic carbocycles. The summed E-state index contributed by atoms with van der Waals surface area (Å²) in [7, 11) is 1.31. The zero-order chi connectivity index (χ0) is 12.7. The van der Waals surface area contributed by atoms with Crippen molar-refractivity contribution in [2.45, 2.75) is 13.5 Å². The van der Waals surface area contributed by atoms with Crippen molar-refractivity contribution in [3.63, 3.8) is 0 Å². The minimum absolute atomic E-state index is 0.136. The van der Waals surface area contributed by atoms with Crippen molar-refractivity contribution < 1.29 is 14.3 Å². The van der Waals surface area contributed by atoms with Gasteiger partial charge in [-0.1, -0.05) is 24.6 Å². The van der Waals surface area contributed by atoms with Crippen molar-refractivity contribution in [1.82, 2.24) is 5.32 Å². The first-order valence-electron chi connectivity index (χ1n) is 5.36. The Balaban J connectivity index is 2.59. The van der Waals surface area contributed by atoms with Crippen LogP contribution < -0.4 is 10.1 Å². The summed E-state index contributed by atoms with van der Waals surface area (Å²) in [5.41, 5.74) is 1.07. The lowest BCUT2D eigenvalue weighted by Crippen LogP contribution is -2.13. The number of hydrogen-bond acceptors (Lipinski definition) is 4. The van der Waals surface area contributed by atoms with Gasteiger partial charge in [-0.2, -0.15) is 0 Å². The molecule has 5 heteroatoms. The van der Waals surface area contributed by atoms with E-state index in [1.54, 1.807) is 6.07 Å². The molecular formula is C12H16ClNO3. The maximum absolute atomic E-state index is 10.9. The van der Waals surface area contributed by atoms with Crippen LogP contribution in [0.5, 0.6) is 5.75 Å². The third kappa shape index (κ3) is 4.63. The number of esters is 1. The molecule has 17 heavy (non-hydrogen) atoms. The Morgan fingerprint density at radius 2 is 2.24 bits per heavy atom. The maximum atomic E-state index is 10.9. The average molecular weight is 258 g/mol. The van der Waals surface area contributed by atoms with Crippen molar-refractivity contribution in [1.29, 1.82) is 0 Å². The number of hydrogen-bond donors (Lipinski definition) is 1. The summed E-state index contributed by atoms with van der Waals surface area (Å²) in [6, 6.07) is 5.47. The van der Waals surface area contributed by atoms with Gasteiger partial charge in [0, 0.05) is 6.54 Å². The third-order valence-electron chi connectivity index (χ3n) is 2.15. The fourth-order valence-electron chi connectivity index (χ4n) is 1.24. The van der Waals surface area contributed by atoms with E-state index in [1.807, 2.05) is 19.1 Å². The minimum atomic E-state index is -0.433. The van der Waals surface area contributed by atoms with E-state index in [0.29, 0.717) is 10.8 Å². The summed E-state index contributed by atoms with van der Waals surface area (Å²) < 4.78 is 9.69. The molecule has 0 aliphatic heterocycles. The van der Waals surface area contributed by atoms with Gasteiger partial charge in [0.05, 0.1) is 12.1 Å². The molecule has 0 heterocycles. The van der Waals surface area contributed by atoms with Gasteiger partial charge < -0.3 is 14.8 Å². The zero-order valence-electron chi connectivity index (χ0n) is 9.96. The second-order valence-electron chi connectivity index (χ2n) is 3.41. The SMILES string of the molecule is CCNCc1ccc(OCC(=O)OC)c(Cl)c1. The molecule has 1 N–H and O–H groups in total. The Bertz CT molecular complexity index is 382. The van der Waals surface area contributed by atoms with Crippen LogP contribution in [0.4, 0.5) is 0 Å². The average Bonchev–Trinajstić information content (AvgIpc) is 2.34. The highest BCUT2D eigenvalue weighted by Crippen LogP contribution is 2.25. The molecule has 0 saturated carbocycles. The van der Waals surface area contributed by atoms with E-state index in [-0.39, 0.29) is 6.61 Å². The third-order valence-corrected chi connectivity index (χ3v) is 2.44. The number of carbonyl (C=O) groups excluding carboxylic acids is 1. The Labute approximate surface area is 106 Å². The highest BCUT2D eigenvalue weighted by atomic mass is 35.5. The topological polar surface area (TPSA) is 47.6 Å². The number of ether oxygens (including phenoxy) is 2. The lowest BCUT2D eigenvalue weighted by Gasteiger charge is -2.08. The van der Waals surface area contributed by atoms with Crippen molar-refractivity contribution in [2.24, 2.45) is 0 Å². The fourth-order valence-corrected chi connectivity index (χ4v) is 1.49. The highest BCUT2D eigenvalue weighted by Gasteiger charge is 2.06. The highest BCUT2D eigenvalue weighted by molar-refractivity contribution is 6.32. The molecule has 1 aromatic rings. The zero-order valence-corrected chi connectivity index (χ0v) is 10.7. The fraction of sp³-hybridized carbons (Fsp3) is 0.417. The largest absolute Gasteiger partial charge is 0.480 e. The van der Waals surface area contributed by atoms with Crippen LogP contribution in [0.25, 0.3) is 0 Å². The predicted octanol–water partition coefficient (Wildman–Crippen LogP) is 2.00. The van der Waals surface area contributed by atoms with Crippen LogP contribution in [0.1, 0.15) is 12.5 Å². The van der Waals surface area contributed by atoms with Crippen molar-refractivity contribution in [2.75, 3.05) is 20.3 Å². The molecular weight excluding hydrogens is 242 g/mol. The first kappa shape index (κ1) is 13.8. The van der Waals surface area contributed by atoms with E-state index < -0.39 is 5.97 Å². The molecule has 1 rings (SSSR count). The standard InChI is InChI=1S/C12H16ClNO3/c1-3-14-7-9-4-5-11(10(13)6-9)17-8-12(15)16-2/h4-6,14H,3,7-8H2,1-2H3. The number of carbonyl (C=O) groups is 1. The van der Waals surface area contributed by atoms with Crippen LogP contribution in [0, 0.1) is 0 Å². The van der Waals surface area contributed by atoms with Crippen LogP contribution >= 0.6 is 11.6 Å². The summed E-state index contributed by atoms with van der Waals surface area (Å²) in [4.78, 5) is 10.9. The molecule has 0 radical (unpaired) electrons. The van der Waals surface area contributed by atoms with Crippen LogP contribution in [0.15, 0.2) is 18.2 Å². The van der Waals surface area contributed by atoms with Crippen molar-refractivity contribution in [3.05, 3.63) is 28.8 Å². The molecule has 0 unspecified atom stereocenters. The van der Waals surface area contributed by atoms with Gasteiger partial charge in [-0.3, -0.25) is 0 Å². The monoisotopic (exact) mass is 257 g/mol. The summed E-state index contributed by atoms with van der Waals surface area (Å²) >= 11 is 6.03. The molecule has 0 saturated heterocycles. The Hall–Kier alpha value is -1.26. The molecule has 4 nitrogen and oxygen atoms in total. The molecule has 0 amide bonds. The molecule has 0 spiro atoms. The summed E-state index contributed by atoms with van der Waals surface area (Å²) in [5, 5.41) is 3.69. The Morgan fingerprint density at radius 3 is 2.82 bits per heavy atom. The van der Waals surface area contributed by atoms with Gasteiger partial charge in [0.25, 0.3) is 0 Å². The Morgan fingerprint density at radius 1 is 1.47 bits per heavy atom. The molecule has 0 aliphatic carbocycles. The lowest BCUT2D eigenvalue weighted by molar-refractivity contribution is -0.142. The van der Waals surface area contributed by atoms with E-state index in [2.05, 4.69) is 10.1 Å². The number of methoxy groups -OCH3 is 1. The quantitative estimate of drug-likeness (QED) is 0.792. The van der Waals surface area contributed by atoms with E-state index in [0.717, 1.165) is 18.7 Å². The summed E-state index contributed by atoms with van der Waals surface area (Å²) in [5.74, 6) is 0.0510. The lowest BCUT2D eigenvalue weighted by atomic mass is 10.2. The van der Waals surface area contributed by atoms with Gasteiger partial charge in [-0.15, -0.1) is 0 Å². The molecule has 0 atom stereocenters. The van der Waals surface area contributed by atoms with Crippen molar-refractivity contribution >= 4 is 17.6 Å². The second-order valence-corrected chi connectivity index (χ2v) is 3.82. The first-order valence-corrected chi connectivity index (χ1v) is 5.74. The second kappa shape index (κ2) is 7.14. The molecule has 0 fully saturated rings. The molecule has 0 bridgehead atoms. The van der Waals surface area contributed by atoms with Gasteiger partial charge in [0.15, 0.2) is 6.61 Å². The molecule has 94 valence electrons. The summed E-state index contributed by atoms with van der Waals surface area (Å²) in [6.07, 6.45) is 0. The normalized spacial score (nSPS) is 10.1. The van der Waals surface area contributed by atoms with Crippen LogP contribution in [-0.2, 0) is 16.1 Å². The van der Waals surface area contributed by atoms with Gasteiger partial charge >= 0.3 is 5.97 Å². The van der Waals surface area contributed by atoms with Crippen molar-refractivity contribution in [3.8, 4) is 5.75 Å². The molecule has 0 aromatic heterocycles. The van der Waals surface area contributed by atoms with E-state index >= 15 is 0 Å². The first-order chi connectivity index (χ1) is 8.17. The van der Waals surface area contributed by atoms with Gasteiger partial charge in [0.1, 0.15) is 5.75 Å². The maximum Gasteiger partial charge on any atom is 0.343 e. The number of nitrogens with one attached hydrogen (secondary N) is 1. The van der Waals surface area contributed by atoms with Crippen LogP contribution in [-0.4, -0.2) is 26.2 Å². The van der Waals surface area contributed by atoms with E-state index in [4.69, 9.17) is 16.3 Å². The van der Waals surface area contributed by atoms with E-state index in [9.17, 15) is 4.79 Å². The van der Waals surface area contributed by atoms with Gasteiger partial charge in [-0.25, -0.2) is 4.79 Å². The number of benzene rings is 1. The minimum Gasteiger partial charge on any atom is -0.480 e. The molecule has 0 aliphatic rings. The van der Waals surface area contributed by atoms with Crippen LogP contribution in [0.2, 0.25) is 5.02 Å². The van der Waals surface area contributed by atoms with Gasteiger partial charge in [0.2, 0.25) is 0 Å². The number of rotatable bonds is 6. The smallest absolute Gasteiger partial charge is 0.343 e. The van der Waals surface area contributed by atoms with Gasteiger partial charge in [-0.05, 0) is 24.2 Å².